The van der Waals surface area contributed by atoms with Crippen LogP contribution in [0.1, 0.15) is 25.0 Å². The van der Waals surface area contributed by atoms with E-state index >= 15 is 0 Å². The summed E-state index contributed by atoms with van der Waals surface area (Å²) >= 11 is 0. The maximum absolute atomic E-state index is 12.2. The zero-order valence-electron chi connectivity index (χ0n) is 15.4. The average Bonchev–Trinajstić information content (AvgIpc) is 2.63. The summed E-state index contributed by atoms with van der Waals surface area (Å²) in [6, 6.07) is 13.7. The van der Waals surface area contributed by atoms with Crippen LogP contribution in [0.4, 0.5) is 11.4 Å². The van der Waals surface area contributed by atoms with Crippen LogP contribution in [-0.4, -0.2) is 26.1 Å². The summed E-state index contributed by atoms with van der Waals surface area (Å²) in [5, 5.41) is 2.94. The summed E-state index contributed by atoms with van der Waals surface area (Å²) in [7, 11) is 1.63. The summed E-state index contributed by atoms with van der Waals surface area (Å²) in [6.07, 6.45) is 3.31. The van der Waals surface area contributed by atoms with Crippen LogP contribution in [0.2, 0.25) is 0 Å². The summed E-state index contributed by atoms with van der Waals surface area (Å²) in [5.74, 6) is 0.618. The third-order valence-electron chi connectivity index (χ3n) is 4.12. The third-order valence-corrected chi connectivity index (χ3v) is 4.12. The molecule has 4 heteroatoms. The van der Waals surface area contributed by atoms with Gasteiger partial charge in [-0.05, 0) is 68.3 Å². The smallest absolute Gasteiger partial charge is 0.248 e. The molecular weight excluding hydrogens is 312 g/mol. The van der Waals surface area contributed by atoms with E-state index in [0.717, 1.165) is 35.7 Å². The number of carbonyl (C=O) groups excluding carboxylic acids is 1. The number of benzene rings is 2. The second kappa shape index (κ2) is 8.92. The van der Waals surface area contributed by atoms with Crippen LogP contribution in [0.25, 0.3) is 6.08 Å². The van der Waals surface area contributed by atoms with Gasteiger partial charge in [0, 0.05) is 30.5 Å². The molecule has 0 fully saturated rings. The average molecular weight is 338 g/mol. The predicted molar refractivity (Wildman–Crippen MR) is 105 cm³/mol. The van der Waals surface area contributed by atoms with E-state index in [2.05, 4.69) is 30.1 Å². The molecule has 1 N–H and O–H groups in total. The van der Waals surface area contributed by atoms with E-state index < -0.39 is 0 Å². The zero-order chi connectivity index (χ0) is 18.2. The van der Waals surface area contributed by atoms with Crippen LogP contribution in [-0.2, 0) is 4.79 Å². The van der Waals surface area contributed by atoms with Gasteiger partial charge in [-0.1, -0.05) is 12.1 Å². The molecule has 2 rings (SSSR count). The van der Waals surface area contributed by atoms with Gasteiger partial charge < -0.3 is 15.0 Å². The minimum atomic E-state index is -0.151. The minimum absolute atomic E-state index is 0.151. The molecule has 4 nitrogen and oxygen atoms in total. The molecule has 2 aromatic rings. The Morgan fingerprint density at radius 2 is 1.92 bits per heavy atom. The molecule has 0 saturated carbocycles. The number of ether oxygens (including phenoxy) is 1. The highest BCUT2D eigenvalue weighted by atomic mass is 16.5. The third kappa shape index (κ3) is 5.11. The van der Waals surface area contributed by atoms with Gasteiger partial charge in [0.25, 0.3) is 0 Å². The Bertz CT molecular complexity index is 749. The van der Waals surface area contributed by atoms with E-state index in [4.69, 9.17) is 4.74 Å². The zero-order valence-corrected chi connectivity index (χ0v) is 15.4. The predicted octanol–water partition coefficient (Wildman–Crippen LogP) is 4.50. The fourth-order valence-electron chi connectivity index (χ4n) is 2.67. The number of hydrogen-bond acceptors (Lipinski definition) is 3. The van der Waals surface area contributed by atoms with E-state index in [9.17, 15) is 4.79 Å². The molecule has 25 heavy (non-hydrogen) atoms. The highest BCUT2D eigenvalue weighted by Gasteiger charge is 2.06. The molecule has 0 bridgehead atoms. The molecule has 0 aliphatic heterocycles. The SMILES string of the molecule is CCN(CC)c1ccc(NC(=O)/C=C/c2cccc(OC)c2)c(C)c1. The van der Waals surface area contributed by atoms with Crippen LogP contribution in [0.5, 0.6) is 5.75 Å². The first-order valence-electron chi connectivity index (χ1n) is 8.56. The molecule has 0 heterocycles. The Kier molecular flexibility index (Phi) is 6.63. The Hall–Kier alpha value is -2.75. The summed E-state index contributed by atoms with van der Waals surface area (Å²) in [4.78, 5) is 14.5. The standard InChI is InChI=1S/C21H26N2O2/c1-5-23(6-2)18-11-12-20(16(3)14-18)22-21(24)13-10-17-8-7-9-19(15-17)25-4/h7-15H,5-6H2,1-4H3,(H,22,24)/b13-10+. The maximum atomic E-state index is 12.2. The number of nitrogens with zero attached hydrogens (tertiary/aromatic N) is 1. The molecule has 0 unspecified atom stereocenters. The molecule has 0 radical (unpaired) electrons. The lowest BCUT2D eigenvalue weighted by atomic mass is 10.1. The van der Waals surface area contributed by atoms with Gasteiger partial charge in [0.05, 0.1) is 7.11 Å². The van der Waals surface area contributed by atoms with E-state index in [1.165, 1.54) is 11.8 Å². The molecule has 0 atom stereocenters. The van der Waals surface area contributed by atoms with Crippen LogP contribution >= 0.6 is 0 Å². The molecule has 0 aliphatic rings. The van der Waals surface area contributed by atoms with Gasteiger partial charge in [0.1, 0.15) is 5.75 Å². The monoisotopic (exact) mass is 338 g/mol. The first-order valence-corrected chi connectivity index (χ1v) is 8.56. The van der Waals surface area contributed by atoms with Crippen LogP contribution in [0.3, 0.4) is 0 Å². The van der Waals surface area contributed by atoms with Crippen molar-refractivity contribution in [3.8, 4) is 5.75 Å². The Morgan fingerprint density at radius 3 is 2.56 bits per heavy atom. The quantitative estimate of drug-likeness (QED) is 0.756. The highest BCUT2D eigenvalue weighted by Crippen LogP contribution is 2.22. The van der Waals surface area contributed by atoms with E-state index in [1.54, 1.807) is 13.2 Å². The number of carbonyl (C=O) groups is 1. The number of amides is 1. The fraction of sp³-hybridized carbons (Fsp3) is 0.286. The fourth-order valence-corrected chi connectivity index (χ4v) is 2.67. The van der Waals surface area contributed by atoms with E-state index in [1.807, 2.05) is 43.3 Å². The second-order valence-electron chi connectivity index (χ2n) is 5.77. The van der Waals surface area contributed by atoms with Gasteiger partial charge in [0.2, 0.25) is 5.91 Å². The lowest BCUT2D eigenvalue weighted by molar-refractivity contribution is -0.111. The van der Waals surface area contributed by atoms with Crippen molar-refractivity contribution in [2.24, 2.45) is 0 Å². The number of rotatable bonds is 7. The Balaban J connectivity index is 2.06. The van der Waals surface area contributed by atoms with Crippen molar-refractivity contribution in [1.29, 1.82) is 0 Å². The largest absolute Gasteiger partial charge is 0.497 e. The van der Waals surface area contributed by atoms with Crippen molar-refractivity contribution in [3.63, 3.8) is 0 Å². The van der Waals surface area contributed by atoms with Gasteiger partial charge in [0.15, 0.2) is 0 Å². The van der Waals surface area contributed by atoms with Crippen LogP contribution in [0.15, 0.2) is 48.5 Å². The van der Waals surface area contributed by atoms with E-state index in [-0.39, 0.29) is 5.91 Å². The summed E-state index contributed by atoms with van der Waals surface area (Å²) < 4.78 is 5.18. The summed E-state index contributed by atoms with van der Waals surface area (Å²) in [5.41, 5.74) is 3.97. The molecule has 1 amide bonds. The maximum Gasteiger partial charge on any atom is 0.248 e. The van der Waals surface area contributed by atoms with Crippen molar-refractivity contribution in [3.05, 3.63) is 59.7 Å². The van der Waals surface area contributed by atoms with E-state index in [0.29, 0.717) is 0 Å². The molecule has 0 spiro atoms. The molecule has 0 aliphatic carbocycles. The van der Waals surface area contributed by atoms with Crippen molar-refractivity contribution in [2.75, 3.05) is 30.4 Å². The molecular formula is C21H26N2O2. The second-order valence-corrected chi connectivity index (χ2v) is 5.77. The van der Waals surface area contributed by atoms with Gasteiger partial charge in [-0.2, -0.15) is 0 Å². The molecule has 132 valence electrons. The van der Waals surface area contributed by atoms with Crippen molar-refractivity contribution in [1.82, 2.24) is 0 Å². The first kappa shape index (κ1) is 18.6. The number of methoxy groups -OCH3 is 1. The number of hydrogen-bond donors (Lipinski definition) is 1. The topological polar surface area (TPSA) is 41.6 Å². The van der Waals surface area contributed by atoms with Gasteiger partial charge in [-0.15, -0.1) is 0 Å². The number of aryl methyl sites for hydroxylation is 1. The van der Waals surface area contributed by atoms with Crippen molar-refractivity contribution in [2.45, 2.75) is 20.8 Å². The van der Waals surface area contributed by atoms with Crippen LogP contribution in [0, 0.1) is 6.92 Å². The lowest BCUT2D eigenvalue weighted by Crippen LogP contribution is -2.22. The first-order chi connectivity index (χ1) is 12.1. The molecule has 2 aromatic carbocycles. The highest BCUT2D eigenvalue weighted by molar-refractivity contribution is 6.02. The number of nitrogens with one attached hydrogen (secondary N) is 1. The Labute approximate surface area is 150 Å². The van der Waals surface area contributed by atoms with Crippen molar-refractivity contribution < 1.29 is 9.53 Å². The van der Waals surface area contributed by atoms with Crippen LogP contribution < -0.4 is 15.0 Å². The molecule has 0 aromatic heterocycles. The molecule has 0 saturated heterocycles. The summed E-state index contributed by atoms with van der Waals surface area (Å²) in [6.45, 7) is 8.21. The van der Waals surface area contributed by atoms with Gasteiger partial charge in [-0.3, -0.25) is 4.79 Å². The van der Waals surface area contributed by atoms with Gasteiger partial charge in [-0.25, -0.2) is 0 Å². The van der Waals surface area contributed by atoms with Gasteiger partial charge >= 0.3 is 0 Å². The Morgan fingerprint density at radius 1 is 1.16 bits per heavy atom. The van der Waals surface area contributed by atoms with Crippen molar-refractivity contribution >= 4 is 23.4 Å². The minimum Gasteiger partial charge on any atom is -0.497 e. The lowest BCUT2D eigenvalue weighted by Gasteiger charge is -2.22. The number of anilines is 2. The normalized spacial score (nSPS) is 10.7.